The van der Waals surface area contributed by atoms with Crippen LogP contribution < -0.4 is 5.32 Å². The minimum Gasteiger partial charge on any atom is -0.348 e. The highest BCUT2D eigenvalue weighted by molar-refractivity contribution is 9.10. The molecule has 0 aliphatic carbocycles. The molecule has 1 amide bonds. The Kier molecular flexibility index (Phi) is 4.62. The van der Waals surface area contributed by atoms with E-state index >= 15 is 0 Å². The summed E-state index contributed by atoms with van der Waals surface area (Å²) in [4.78, 5) is 15.8. The fourth-order valence-electron chi connectivity index (χ4n) is 1.64. The average molecular weight is 359 g/mol. The average Bonchev–Trinajstić information content (AvgIpc) is 2.45. The number of alkyl halides is 3. The molecule has 0 radical (unpaired) electrons. The molecule has 2 rings (SSSR count). The maximum atomic E-state index is 12.4. The van der Waals surface area contributed by atoms with E-state index in [0.29, 0.717) is 15.7 Å². The van der Waals surface area contributed by atoms with Crippen molar-refractivity contribution in [3.63, 3.8) is 0 Å². The predicted molar refractivity (Wildman–Crippen MR) is 74.6 cm³/mol. The van der Waals surface area contributed by atoms with Gasteiger partial charge in [0.15, 0.2) is 0 Å². The van der Waals surface area contributed by atoms with Crippen molar-refractivity contribution >= 4 is 21.8 Å². The van der Waals surface area contributed by atoms with Gasteiger partial charge in [-0.25, -0.2) is 4.98 Å². The molecule has 0 unspecified atom stereocenters. The number of nitrogens with one attached hydrogen (secondary N) is 1. The van der Waals surface area contributed by atoms with Gasteiger partial charge < -0.3 is 5.32 Å². The van der Waals surface area contributed by atoms with Gasteiger partial charge in [0.2, 0.25) is 0 Å². The van der Waals surface area contributed by atoms with Gasteiger partial charge in [-0.1, -0.05) is 12.1 Å². The molecule has 110 valence electrons. The molecule has 1 N–H and O–H groups in total. The van der Waals surface area contributed by atoms with E-state index in [4.69, 9.17) is 0 Å². The van der Waals surface area contributed by atoms with Crippen molar-refractivity contribution in [3.8, 4) is 0 Å². The van der Waals surface area contributed by atoms with Gasteiger partial charge in [-0.3, -0.25) is 4.79 Å². The Bertz CT molecular complexity index is 641. The Hall–Kier alpha value is -1.89. The lowest BCUT2D eigenvalue weighted by Crippen LogP contribution is -2.23. The van der Waals surface area contributed by atoms with Gasteiger partial charge in [-0.15, -0.1) is 0 Å². The van der Waals surface area contributed by atoms with Crippen LogP contribution in [0.25, 0.3) is 0 Å². The number of carbonyl (C=O) groups is 1. The van der Waals surface area contributed by atoms with Gasteiger partial charge in [-0.2, -0.15) is 13.2 Å². The van der Waals surface area contributed by atoms with Crippen LogP contribution in [0.4, 0.5) is 13.2 Å². The number of hydrogen-bond acceptors (Lipinski definition) is 2. The maximum absolute atomic E-state index is 12.4. The predicted octanol–water partition coefficient (Wildman–Crippen LogP) is 3.79. The summed E-state index contributed by atoms with van der Waals surface area (Å²) in [5, 5.41) is 2.62. The van der Waals surface area contributed by atoms with Crippen LogP contribution in [0.15, 0.2) is 47.2 Å². The lowest BCUT2D eigenvalue weighted by Gasteiger charge is -2.09. The molecule has 0 saturated heterocycles. The summed E-state index contributed by atoms with van der Waals surface area (Å²) in [7, 11) is 0. The Morgan fingerprint density at radius 1 is 1.19 bits per heavy atom. The number of hydrogen-bond donors (Lipinski definition) is 1. The smallest absolute Gasteiger partial charge is 0.348 e. The first-order valence-electron chi connectivity index (χ1n) is 5.93. The van der Waals surface area contributed by atoms with Crippen molar-refractivity contribution in [1.82, 2.24) is 10.3 Å². The molecule has 1 aromatic heterocycles. The standard InChI is InChI=1S/C14H10BrF3N2O/c15-12-11(2-1-7-19-12)13(21)20-8-9-3-5-10(6-4-9)14(16,17)18/h1-7H,8H2,(H,20,21). The van der Waals surface area contributed by atoms with Crippen LogP contribution in [0.1, 0.15) is 21.5 Å². The van der Waals surface area contributed by atoms with E-state index in [0.717, 1.165) is 12.1 Å². The van der Waals surface area contributed by atoms with E-state index in [2.05, 4.69) is 26.2 Å². The van der Waals surface area contributed by atoms with E-state index < -0.39 is 11.7 Å². The normalized spacial score (nSPS) is 11.2. The van der Waals surface area contributed by atoms with Crippen molar-refractivity contribution in [3.05, 3.63) is 63.9 Å². The summed E-state index contributed by atoms with van der Waals surface area (Å²) in [5.41, 5.74) is 0.230. The number of carbonyl (C=O) groups excluding carboxylic acids is 1. The second-order valence-electron chi connectivity index (χ2n) is 4.22. The number of pyridine rings is 1. The molecule has 0 spiro atoms. The van der Waals surface area contributed by atoms with Gasteiger partial charge in [0.05, 0.1) is 11.1 Å². The van der Waals surface area contributed by atoms with Crippen LogP contribution in [0.5, 0.6) is 0 Å². The lowest BCUT2D eigenvalue weighted by atomic mass is 10.1. The van der Waals surface area contributed by atoms with Crippen molar-refractivity contribution in [1.29, 1.82) is 0 Å². The largest absolute Gasteiger partial charge is 0.416 e. The van der Waals surface area contributed by atoms with Gasteiger partial charge in [-0.05, 0) is 45.8 Å². The highest BCUT2D eigenvalue weighted by Crippen LogP contribution is 2.29. The van der Waals surface area contributed by atoms with Crippen LogP contribution in [0, 0.1) is 0 Å². The molecule has 1 heterocycles. The first-order valence-corrected chi connectivity index (χ1v) is 6.72. The summed E-state index contributed by atoms with van der Waals surface area (Å²) in [6.45, 7) is 0.137. The van der Waals surface area contributed by atoms with E-state index in [-0.39, 0.29) is 12.5 Å². The molecular formula is C14H10BrF3N2O. The summed E-state index contributed by atoms with van der Waals surface area (Å²) >= 11 is 3.16. The van der Waals surface area contributed by atoms with E-state index in [9.17, 15) is 18.0 Å². The molecule has 0 bridgehead atoms. The van der Waals surface area contributed by atoms with Crippen molar-refractivity contribution < 1.29 is 18.0 Å². The Morgan fingerprint density at radius 3 is 2.43 bits per heavy atom. The molecule has 7 heteroatoms. The number of aromatic nitrogens is 1. The minimum absolute atomic E-state index is 0.137. The van der Waals surface area contributed by atoms with Crippen LogP contribution in [0.3, 0.4) is 0 Å². The van der Waals surface area contributed by atoms with Crippen molar-refractivity contribution in [2.75, 3.05) is 0 Å². The first kappa shape index (κ1) is 15.5. The SMILES string of the molecule is O=C(NCc1ccc(C(F)(F)F)cc1)c1cccnc1Br. The van der Waals surface area contributed by atoms with Gasteiger partial charge in [0.25, 0.3) is 5.91 Å². The molecule has 0 aliphatic heterocycles. The molecule has 0 saturated carbocycles. The summed E-state index contributed by atoms with van der Waals surface area (Å²) in [6.07, 6.45) is -2.82. The number of amides is 1. The molecule has 2 aromatic rings. The molecule has 0 atom stereocenters. The Morgan fingerprint density at radius 2 is 1.86 bits per heavy atom. The van der Waals surface area contributed by atoms with Crippen molar-refractivity contribution in [2.45, 2.75) is 12.7 Å². The second kappa shape index (κ2) is 6.26. The van der Waals surface area contributed by atoms with Crippen LogP contribution >= 0.6 is 15.9 Å². The minimum atomic E-state index is -4.36. The summed E-state index contributed by atoms with van der Waals surface area (Å²) in [5.74, 6) is -0.352. The number of benzene rings is 1. The van der Waals surface area contributed by atoms with Crippen molar-refractivity contribution in [2.24, 2.45) is 0 Å². The first-order chi connectivity index (χ1) is 9.88. The van der Waals surface area contributed by atoms with E-state index in [1.165, 1.54) is 18.3 Å². The van der Waals surface area contributed by atoms with Gasteiger partial charge in [0, 0.05) is 12.7 Å². The Labute approximate surface area is 127 Å². The molecule has 0 fully saturated rings. The second-order valence-corrected chi connectivity index (χ2v) is 4.97. The number of nitrogens with zero attached hydrogens (tertiary/aromatic N) is 1. The topological polar surface area (TPSA) is 42.0 Å². The zero-order valence-corrected chi connectivity index (χ0v) is 12.2. The highest BCUT2D eigenvalue weighted by atomic mass is 79.9. The number of rotatable bonds is 3. The highest BCUT2D eigenvalue weighted by Gasteiger charge is 2.29. The Balaban J connectivity index is 2.00. The van der Waals surface area contributed by atoms with E-state index in [1.54, 1.807) is 12.1 Å². The molecule has 1 aromatic carbocycles. The third-order valence-electron chi connectivity index (χ3n) is 2.74. The maximum Gasteiger partial charge on any atom is 0.416 e. The monoisotopic (exact) mass is 358 g/mol. The fraction of sp³-hybridized carbons (Fsp3) is 0.143. The molecule has 3 nitrogen and oxygen atoms in total. The van der Waals surface area contributed by atoms with E-state index in [1.807, 2.05) is 0 Å². The molecule has 0 aliphatic rings. The fourth-order valence-corrected chi connectivity index (χ4v) is 2.07. The quantitative estimate of drug-likeness (QED) is 0.848. The van der Waals surface area contributed by atoms with Gasteiger partial charge in [0.1, 0.15) is 4.60 Å². The third kappa shape index (κ3) is 4.04. The zero-order valence-electron chi connectivity index (χ0n) is 10.6. The van der Waals surface area contributed by atoms with Crippen LogP contribution in [0.2, 0.25) is 0 Å². The third-order valence-corrected chi connectivity index (χ3v) is 3.37. The number of halogens is 4. The lowest BCUT2D eigenvalue weighted by molar-refractivity contribution is -0.137. The van der Waals surface area contributed by atoms with Gasteiger partial charge >= 0.3 is 6.18 Å². The summed E-state index contributed by atoms with van der Waals surface area (Å²) in [6, 6.07) is 7.86. The molecular weight excluding hydrogens is 349 g/mol. The molecule has 21 heavy (non-hydrogen) atoms. The zero-order chi connectivity index (χ0) is 15.5. The summed E-state index contributed by atoms with van der Waals surface area (Å²) < 4.78 is 37.7. The van der Waals surface area contributed by atoms with Crippen LogP contribution in [-0.4, -0.2) is 10.9 Å². The van der Waals surface area contributed by atoms with Crippen LogP contribution in [-0.2, 0) is 12.7 Å².